The number of carbonyl (C=O) groups is 2. The maximum absolute atomic E-state index is 12.1. The zero-order valence-electron chi connectivity index (χ0n) is 15.7. The van der Waals surface area contributed by atoms with Crippen LogP contribution in [-0.2, 0) is 20.9 Å². The van der Waals surface area contributed by atoms with Gasteiger partial charge in [-0.05, 0) is 56.5 Å². The molecular formula is C21H25NO4. The largest absolute Gasteiger partial charge is 0.452 e. The van der Waals surface area contributed by atoms with Crippen LogP contribution in [0.3, 0.4) is 0 Å². The van der Waals surface area contributed by atoms with Gasteiger partial charge < -0.3 is 14.8 Å². The molecule has 0 fully saturated rings. The topological polar surface area (TPSA) is 64.6 Å². The van der Waals surface area contributed by atoms with E-state index in [-0.39, 0.29) is 18.6 Å². The van der Waals surface area contributed by atoms with Crippen molar-refractivity contribution in [2.75, 3.05) is 11.9 Å². The Labute approximate surface area is 154 Å². The van der Waals surface area contributed by atoms with Gasteiger partial charge in [0.05, 0.1) is 18.3 Å². The van der Waals surface area contributed by atoms with Crippen LogP contribution in [-0.4, -0.2) is 24.6 Å². The van der Waals surface area contributed by atoms with Gasteiger partial charge in [-0.1, -0.05) is 30.3 Å². The first-order valence-corrected chi connectivity index (χ1v) is 8.60. The SMILES string of the molecule is Cc1cccc(C)c1NC(=O)COC(=O)c1ccc(COC(C)C)cc1. The minimum atomic E-state index is -0.530. The van der Waals surface area contributed by atoms with Crippen LogP contribution >= 0.6 is 0 Å². The Morgan fingerprint density at radius 3 is 2.19 bits per heavy atom. The summed E-state index contributed by atoms with van der Waals surface area (Å²) in [4.78, 5) is 24.1. The number of esters is 1. The van der Waals surface area contributed by atoms with Crippen molar-refractivity contribution in [2.45, 2.75) is 40.4 Å². The van der Waals surface area contributed by atoms with Crippen molar-refractivity contribution in [1.29, 1.82) is 0 Å². The van der Waals surface area contributed by atoms with Gasteiger partial charge >= 0.3 is 5.97 Å². The number of para-hydroxylation sites is 1. The van der Waals surface area contributed by atoms with Crippen molar-refractivity contribution >= 4 is 17.6 Å². The number of amides is 1. The van der Waals surface area contributed by atoms with Crippen LogP contribution in [0.2, 0.25) is 0 Å². The minimum Gasteiger partial charge on any atom is -0.452 e. The zero-order chi connectivity index (χ0) is 19.1. The van der Waals surface area contributed by atoms with Crippen LogP contribution in [0.1, 0.15) is 40.9 Å². The lowest BCUT2D eigenvalue weighted by atomic mass is 10.1. The van der Waals surface area contributed by atoms with E-state index in [1.54, 1.807) is 12.1 Å². The van der Waals surface area contributed by atoms with E-state index in [0.29, 0.717) is 12.2 Å². The van der Waals surface area contributed by atoms with Gasteiger partial charge in [0.25, 0.3) is 5.91 Å². The lowest BCUT2D eigenvalue weighted by Crippen LogP contribution is -2.21. The summed E-state index contributed by atoms with van der Waals surface area (Å²) < 4.78 is 10.6. The quantitative estimate of drug-likeness (QED) is 0.762. The van der Waals surface area contributed by atoms with E-state index in [4.69, 9.17) is 9.47 Å². The van der Waals surface area contributed by atoms with Crippen molar-refractivity contribution < 1.29 is 19.1 Å². The Morgan fingerprint density at radius 1 is 1.00 bits per heavy atom. The number of ether oxygens (including phenoxy) is 2. The molecular weight excluding hydrogens is 330 g/mol. The second-order valence-electron chi connectivity index (χ2n) is 6.45. The third-order valence-electron chi connectivity index (χ3n) is 3.85. The smallest absolute Gasteiger partial charge is 0.338 e. The molecule has 0 bridgehead atoms. The molecule has 0 aliphatic carbocycles. The first-order chi connectivity index (χ1) is 12.4. The fourth-order valence-electron chi connectivity index (χ4n) is 2.40. The molecule has 0 aliphatic rings. The monoisotopic (exact) mass is 355 g/mol. The van der Waals surface area contributed by atoms with E-state index < -0.39 is 5.97 Å². The number of aryl methyl sites for hydroxylation is 2. The highest BCUT2D eigenvalue weighted by Gasteiger charge is 2.12. The first-order valence-electron chi connectivity index (χ1n) is 8.60. The van der Waals surface area contributed by atoms with Gasteiger partial charge in [-0.3, -0.25) is 4.79 Å². The molecule has 2 aromatic carbocycles. The highest BCUT2D eigenvalue weighted by molar-refractivity contribution is 5.96. The van der Waals surface area contributed by atoms with Gasteiger partial charge in [-0.15, -0.1) is 0 Å². The molecule has 0 aliphatic heterocycles. The fourth-order valence-corrected chi connectivity index (χ4v) is 2.40. The second kappa shape index (κ2) is 9.15. The summed E-state index contributed by atoms with van der Waals surface area (Å²) in [7, 11) is 0. The van der Waals surface area contributed by atoms with Crippen molar-refractivity contribution in [3.8, 4) is 0 Å². The van der Waals surface area contributed by atoms with Gasteiger partial charge in [0, 0.05) is 5.69 Å². The summed E-state index contributed by atoms with van der Waals surface area (Å²) in [5, 5.41) is 2.79. The van der Waals surface area contributed by atoms with Crippen molar-refractivity contribution in [3.05, 3.63) is 64.7 Å². The van der Waals surface area contributed by atoms with Crippen LogP contribution in [0.15, 0.2) is 42.5 Å². The molecule has 0 radical (unpaired) electrons. The van der Waals surface area contributed by atoms with Crippen LogP contribution in [0.5, 0.6) is 0 Å². The zero-order valence-corrected chi connectivity index (χ0v) is 15.7. The van der Waals surface area contributed by atoms with Gasteiger partial charge in [0.1, 0.15) is 0 Å². The third kappa shape index (κ3) is 5.70. The second-order valence-corrected chi connectivity index (χ2v) is 6.45. The highest BCUT2D eigenvalue weighted by Crippen LogP contribution is 2.19. The predicted molar refractivity (Wildman–Crippen MR) is 101 cm³/mol. The molecule has 2 aromatic rings. The van der Waals surface area contributed by atoms with Crippen molar-refractivity contribution in [1.82, 2.24) is 0 Å². The molecule has 138 valence electrons. The summed E-state index contributed by atoms with van der Waals surface area (Å²) in [6.45, 7) is 7.93. The molecule has 26 heavy (non-hydrogen) atoms. The average molecular weight is 355 g/mol. The molecule has 0 unspecified atom stereocenters. The van der Waals surface area contributed by atoms with Gasteiger partial charge in [-0.2, -0.15) is 0 Å². The lowest BCUT2D eigenvalue weighted by molar-refractivity contribution is -0.119. The fraction of sp³-hybridized carbons (Fsp3) is 0.333. The van der Waals surface area contributed by atoms with E-state index in [1.807, 2.05) is 58.0 Å². The molecule has 0 spiro atoms. The molecule has 2 rings (SSSR count). The van der Waals surface area contributed by atoms with Gasteiger partial charge in [0.2, 0.25) is 0 Å². The van der Waals surface area contributed by atoms with E-state index in [9.17, 15) is 9.59 Å². The Balaban J connectivity index is 1.87. The molecule has 0 heterocycles. The van der Waals surface area contributed by atoms with Gasteiger partial charge in [-0.25, -0.2) is 4.79 Å². The molecule has 5 heteroatoms. The lowest BCUT2D eigenvalue weighted by Gasteiger charge is -2.12. The summed E-state index contributed by atoms with van der Waals surface area (Å²) in [6.07, 6.45) is 0.148. The molecule has 0 saturated carbocycles. The number of rotatable bonds is 7. The standard InChI is InChI=1S/C21H25NO4/c1-14(2)25-12-17-8-10-18(11-9-17)21(24)26-13-19(23)22-20-15(3)6-5-7-16(20)4/h5-11,14H,12-13H2,1-4H3,(H,22,23). The molecule has 0 saturated heterocycles. The Morgan fingerprint density at radius 2 is 1.62 bits per heavy atom. The van der Waals surface area contributed by atoms with Crippen LogP contribution in [0.25, 0.3) is 0 Å². The van der Waals surface area contributed by atoms with Crippen molar-refractivity contribution in [3.63, 3.8) is 0 Å². The Hall–Kier alpha value is -2.66. The number of hydrogen-bond donors (Lipinski definition) is 1. The third-order valence-corrected chi connectivity index (χ3v) is 3.85. The van der Waals surface area contributed by atoms with E-state index in [2.05, 4.69) is 5.32 Å². The summed E-state index contributed by atoms with van der Waals surface area (Å²) in [6, 6.07) is 12.7. The molecule has 0 aromatic heterocycles. The van der Waals surface area contributed by atoms with E-state index in [0.717, 1.165) is 22.4 Å². The normalized spacial score (nSPS) is 10.7. The number of anilines is 1. The van der Waals surface area contributed by atoms with E-state index in [1.165, 1.54) is 0 Å². The number of benzene rings is 2. The van der Waals surface area contributed by atoms with Crippen molar-refractivity contribution in [2.24, 2.45) is 0 Å². The maximum Gasteiger partial charge on any atom is 0.338 e. The predicted octanol–water partition coefficient (Wildman–Crippen LogP) is 4.02. The van der Waals surface area contributed by atoms with Gasteiger partial charge in [0.15, 0.2) is 6.61 Å². The highest BCUT2D eigenvalue weighted by atomic mass is 16.5. The maximum atomic E-state index is 12.1. The summed E-state index contributed by atoms with van der Waals surface area (Å²) in [5.74, 6) is -0.893. The number of hydrogen-bond acceptors (Lipinski definition) is 4. The van der Waals surface area contributed by atoms with Crippen LogP contribution in [0, 0.1) is 13.8 Å². The Kier molecular flexibility index (Phi) is 6.92. The van der Waals surface area contributed by atoms with Crippen LogP contribution in [0.4, 0.5) is 5.69 Å². The van der Waals surface area contributed by atoms with Crippen LogP contribution < -0.4 is 5.32 Å². The minimum absolute atomic E-state index is 0.148. The molecule has 5 nitrogen and oxygen atoms in total. The Bertz CT molecular complexity index is 746. The first kappa shape index (κ1) is 19.7. The molecule has 0 atom stereocenters. The van der Waals surface area contributed by atoms with E-state index >= 15 is 0 Å². The summed E-state index contributed by atoms with van der Waals surface area (Å²) in [5.41, 5.74) is 4.05. The average Bonchev–Trinajstić information content (AvgIpc) is 2.61. The number of carbonyl (C=O) groups excluding carboxylic acids is 2. The molecule has 1 amide bonds. The number of nitrogens with one attached hydrogen (secondary N) is 1. The summed E-state index contributed by atoms with van der Waals surface area (Å²) >= 11 is 0. The molecule has 1 N–H and O–H groups in total.